The first-order valence-electron chi connectivity index (χ1n) is 14.7. The van der Waals surface area contributed by atoms with Crippen LogP contribution in [0.4, 0.5) is 9.93 Å². The number of hydrogen-bond donors (Lipinski definition) is 3. The summed E-state index contributed by atoms with van der Waals surface area (Å²) in [6, 6.07) is 21.8. The molecule has 0 saturated carbocycles. The van der Waals surface area contributed by atoms with Crippen molar-refractivity contribution >= 4 is 44.5 Å². The molecule has 0 aliphatic carbocycles. The van der Waals surface area contributed by atoms with Gasteiger partial charge in [0.25, 0.3) is 0 Å². The number of thiazole rings is 1. The Labute approximate surface area is 267 Å². The van der Waals surface area contributed by atoms with Crippen molar-refractivity contribution in [2.45, 2.75) is 31.7 Å². The highest BCUT2D eigenvalue weighted by Gasteiger charge is 2.51. The number of urea groups is 1. The molecule has 46 heavy (non-hydrogen) atoms. The van der Waals surface area contributed by atoms with Crippen molar-refractivity contribution in [2.75, 3.05) is 25.9 Å². The van der Waals surface area contributed by atoms with E-state index in [-0.39, 0.29) is 43.9 Å². The minimum atomic E-state index is -0.783. The van der Waals surface area contributed by atoms with Crippen LogP contribution >= 0.6 is 11.3 Å². The highest BCUT2D eigenvalue weighted by atomic mass is 32.1. The molecule has 7 rings (SSSR count). The number of nitrogens with one attached hydrogen (secondary N) is 2. The van der Waals surface area contributed by atoms with Gasteiger partial charge in [-0.05, 0) is 33.2 Å². The molecule has 5 aromatic rings. The zero-order valence-electron chi connectivity index (χ0n) is 24.9. The Morgan fingerprint density at radius 2 is 1.87 bits per heavy atom. The number of H-pyrrole nitrogens is 1. The number of fused-ring (bicyclic) bond motifs is 2. The Morgan fingerprint density at radius 3 is 2.63 bits per heavy atom. The van der Waals surface area contributed by atoms with Crippen molar-refractivity contribution in [1.29, 1.82) is 0 Å². The molecule has 0 unspecified atom stereocenters. The number of carbonyl (C=O) groups is 3. The SMILES string of the molecule is CN(C(=O)NCc1ccccc1)N1CC(=O)N2[C@@H](Cc3ccc(-c4nnn[nH]4)cc3)C(=O)N(Cc3cccc4sc(N)nc34)C[C@@H]21. The number of piperazine rings is 1. The van der Waals surface area contributed by atoms with Gasteiger partial charge in [-0.3, -0.25) is 14.6 Å². The number of tetrazole rings is 1. The van der Waals surface area contributed by atoms with Gasteiger partial charge in [0.1, 0.15) is 12.2 Å². The van der Waals surface area contributed by atoms with Crippen LogP contribution in [0.2, 0.25) is 0 Å². The molecule has 14 nitrogen and oxygen atoms in total. The van der Waals surface area contributed by atoms with Gasteiger partial charge in [0, 0.05) is 32.1 Å². The lowest BCUT2D eigenvalue weighted by Crippen LogP contribution is -2.65. The molecule has 0 spiro atoms. The number of carbonyl (C=O) groups excluding carboxylic acids is 3. The van der Waals surface area contributed by atoms with Gasteiger partial charge in [-0.25, -0.2) is 14.9 Å². The van der Waals surface area contributed by atoms with Gasteiger partial charge < -0.3 is 20.9 Å². The molecule has 234 valence electrons. The molecule has 15 heteroatoms. The first-order chi connectivity index (χ1) is 22.4. The maximum Gasteiger partial charge on any atom is 0.332 e. The molecular weight excluding hydrogens is 606 g/mol. The number of benzene rings is 3. The Morgan fingerprint density at radius 1 is 1.07 bits per heavy atom. The van der Waals surface area contributed by atoms with Crippen molar-refractivity contribution in [2.24, 2.45) is 0 Å². The molecule has 0 bridgehead atoms. The Kier molecular flexibility index (Phi) is 7.76. The van der Waals surface area contributed by atoms with Crippen LogP contribution in [0.25, 0.3) is 21.6 Å². The van der Waals surface area contributed by atoms with Crippen molar-refractivity contribution in [1.82, 2.24) is 50.7 Å². The van der Waals surface area contributed by atoms with Crippen LogP contribution in [0.15, 0.2) is 72.8 Å². The van der Waals surface area contributed by atoms with Crippen LogP contribution < -0.4 is 11.1 Å². The van der Waals surface area contributed by atoms with Gasteiger partial charge in [0.2, 0.25) is 11.8 Å². The molecule has 2 aromatic heterocycles. The second kappa shape index (κ2) is 12.2. The van der Waals surface area contributed by atoms with Crippen molar-refractivity contribution in [3.05, 3.63) is 89.5 Å². The third-order valence-electron chi connectivity index (χ3n) is 8.41. The van der Waals surface area contributed by atoms with Gasteiger partial charge in [-0.1, -0.05) is 78.1 Å². The first kappa shape index (κ1) is 29.3. The fraction of sp³-hybridized carbons (Fsp3) is 0.258. The number of para-hydroxylation sites is 1. The summed E-state index contributed by atoms with van der Waals surface area (Å²) in [6.45, 7) is 0.801. The second-order valence-corrected chi connectivity index (χ2v) is 12.3. The normalized spacial score (nSPS) is 18.3. The summed E-state index contributed by atoms with van der Waals surface area (Å²) in [7, 11) is 1.64. The lowest BCUT2D eigenvalue weighted by molar-refractivity contribution is -0.157. The lowest BCUT2D eigenvalue weighted by Gasteiger charge is -2.45. The number of nitrogen functional groups attached to an aromatic ring is 1. The zero-order chi connectivity index (χ0) is 31.8. The quantitative estimate of drug-likeness (QED) is 0.231. The number of nitrogens with zero attached hydrogens (tertiary/aromatic N) is 8. The number of aromatic nitrogens is 5. The fourth-order valence-corrected chi connectivity index (χ4v) is 6.90. The number of hydrogen-bond acceptors (Lipinski definition) is 10. The molecule has 2 fully saturated rings. The summed E-state index contributed by atoms with van der Waals surface area (Å²) in [4.78, 5) is 49.1. The fourth-order valence-electron chi connectivity index (χ4n) is 6.11. The molecule has 0 radical (unpaired) electrons. The van der Waals surface area contributed by atoms with Gasteiger partial charge in [0.15, 0.2) is 11.0 Å². The number of nitrogens with two attached hydrogens (primary N) is 1. The third kappa shape index (κ3) is 5.61. The minimum Gasteiger partial charge on any atom is -0.375 e. The van der Waals surface area contributed by atoms with E-state index in [4.69, 9.17) is 5.73 Å². The number of aromatic amines is 1. The summed E-state index contributed by atoms with van der Waals surface area (Å²) in [5.74, 6) is 0.137. The van der Waals surface area contributed by atoms with E-state index in [2.05, 4.69) is 30.9 Å². The predicted molar refractivity (Wildman–Crippen MR) is 170 cm³/mol. The van der Waals surface area contributed by atoms with E-state index >= 15 is 0 Å². The largest absolute Gasteiger partial charge is 0.375 e. The van der Waals surface area contributed by atoms with Gasteiger partial charge in [0.05, 0.1) is 23.3 Å². The van der Waals surface area contributed by atoms with E-state index in [1.165, 1.54) is 16.3 Å². The van der Waals surface area contributed by atoms with E-state index in [1.54, 1.807) is 21.9 Å². The monoisotopic (exact) mass is 637 g/mol. The molecule has 4 heterocycles. The van der Waals surface area contributed by atoms with Crippen LogP contribution in [0.3, 0.4) is 0 Å². The average molecular weight is 638 g/mol. The van der Waals surface area contributed by atoms with Crippen LogP contribution in [0.5, 0.6) is 0 Å². The average Bonchev–Trinajstić information content (AvgIpc) is 3.81. The summed E-state index contributed by atoms with van der Waals surface area (Å²) in [5.41, 5.74) is 10.3. The Balaban J connectivity index is 1.17. The van der Waals surface area contributed by atoms with Crippen molar-refractivity contribution in [3.63, 3.8) is 0 Å². The van der Waals surface area contributed by atoms with Gasteiger partial charge in [-0.2, -0.15) is 5.01 Å². The topological polar surface area (TPSA) is 170 Å². The Hall–Kier alpha value is -5.41. The maximum absolute atomic E-state index is 14.2. The van der Waals surface area contributed by atoms with E-state index in [0.29, 0.717) is 17.5 Å². The standard InChI is InChI=1S/C31H31N11O3S/c1-39(31(45)33-15-20-6-3-2-4-7-20)41-18-26(43)42-23(14-19-10-12-21(13-11-19)28-35-37-38-36-28)29(44)40(17-25(41)42)16-22-8-5-9-24-27(22)34-30(32)46-24/h2-13,23,25H,14-18H2,1H3,(H2,32,34)(H,33,45)(H,35,36,37,38)/t23-,25+/m0/s1. The molecule has 4 N–H and O–H groups in total. The molecule has 2 saturated heterocycles. The highest BCUT2D eigenvalue weighted by Crippen LogP contribution is 2.32. The number of rotatable bonds is 8. The molecule has 4 amide bonds. The first-order valence-corrected chi connectivity index (χ1v) is 15.6. The summed E-state index contributed by atoms with van der Waals surface area (Å²) in [5, 5.41) is 20.5. The van der Waals surface area contributed by atoms with Gasteiger partial charge in [-0.15, -0.1) is 5.10 Å². The smallest absolute Gasteiger partial charge is 0.332 e. The predicted octanol–water partition coefficient (Wildman–Crippen LogP) is 2.24. The number of anilines is 1. The van der Waals surface area contributed by atoms with Crippen LogP contribution in [0, 0.1) is 0 Å². The lowest BCUT2D eigenvalue weighted by atomic mass is 9.99. The highest BCUT2D eigenvalue weighted by molar-refractivity contribution is 7.22. The molecular formula is C31H31N11O3S. The van der Waals surface area contributed by atoms with E-state index < -0.39 is 12.2 Å². The zero-order valence-corrected chi connectivity index (χ0v) is 25.7. The summed E-state index contributed by atoms with van der Waals surface area (Å²) >= 11 is 1.39. The van der Waals surface area contributed by atoms with E-state index in [9.17, 15) is 14.4 Å². The van der Waals surface area contributed by atoms with E-state index in [0.717, 1.165) is 32.5 Å². The molecule has 2 aliphatic heterocycles. The Bertz CT molecular complexity index is 1880. The summed E-state index contributed by atoms with van der Waals surface area (Å²) in [6.07, 6.45) is -0.264. The third-order valence-corrected chi connectivity index (χ3v) is 9.26. The molecule has 2 aliphatic rings. The van der Waals surface area contributed by atoms with Crippen molar-refractivity contribution in [3.8, 4) is 11.4 Å². The van der Waals surface area contributed by atoms with Crippen LogP contribution in [-0.2, 0) is 29.1 Å². The second-order valence-electron chi connectivity index (χ2n) is 11.2. The summed E-state index contributed by atoms with van der Waals surface area (Å²) < 4.78 is 0.937. The van der Waals surface area contributed by atoms with Crippen molar-refractivity contribution < 1.29 is 14.4 Å². The number of amides is 4. The minimum absolute atomic E-state index is 0.0345. The van der Waals surface area contributed by atoms with E-state index in [1.807, 2.05) is 72.8 Å². The van der Waals surface area contributed by atoms with Crippen LogP contribution in [-0.4, -0.2) is 95.6 Å². The number of hydrazine groups is 1. The van der Waals surface area contributed by atoms with Crippen LogP contribution in [0.1, 0.15) is 16.7 Å². The molecule has 2 atom stereocenters. The van der Waals surface area contributed by atoms with Gasteiger partial charge >= 0.3 is 6.03 Å². The maximum atomic E-state index is 14.2. The molecule has 3 aromatic carbocycles.